The largest absolute Gasteiger partial charge is 0.472 e. The van der Waals surface area contributed by atoms with Gasteiger partial charge in [0.05, 0.1) is 26.4 Å². The first-order valence-electron chi connectivity index (χ1n) is 40.2. The molecule has 0 aliphatic heterocycles. The van der Waals surface area contributed by atoms with Crippen molar-refractivity contribution in [3.8, 4) is 0 Å². The van der Waals surface area contributed by atoms with Crippen molar-refractivity contribution < 1.29 is 80.2 Å². The summed E-state index contributed by atoms with van der Waals surface area (Å²) in [6.45, 7) is 14.2. The minimum atomic E-state index is -4.96. The van der Waals surface area contributed by atoms with Crippen LogP contribution in [0.3, 0.4) is 0 Å². The smallest absolute Gasteiger partial charge is 0.462 e. The number of unbranched alkanes of at least 4 members (excludes halogenated alkanes) is 40. The van der Waals surface area contributed by atoms with Crippen molar-refractivity contribution >= 4 is 39.5 Å². The third kappa shape index (κ3) is 70.9. The quantitative estimate of drug-likeness (QED) is 0.0222. The van der Waals surface area contributed by atoms with E-state index in [1.54, 1.807) is 0 Å². The van der Waals surface area contributed by atoms with E-state index in [1.807, 2.05) is 0 Å². The fourth-order valence-electron chi connectivity index (χ4n) is 11.9. The lowest BCUT2D eigenvalue weighted by molar-refractivity contribution is -0.161. The lowest BCUT2D eigenvalue weighted by atomic mass is 10.00. The van der Waals surface area contributed by atoms with Crippen LogP contribution in [0.5, 0.6) is 0 Å². The van der Waals surface area contributed by atoms with Crippen LogP contribution >= 0.6 is 15.6 Å². The molecule has 0 aliphatic rings. The Morgan fingerprint density at radius 2 is 0.495 bits per heavy atom. The van der Waals surface area contributed by atoms with Crippen LogP contribution in [-0.4, -0.2) is 96.7 Å². The second-order valence-corrected chi connectivity index (χ2v) is 32.7. The third-order valence-electron chi connectivity index (χ3n) is 18.4. The molecule has 3 unspecified atom stereocenters. The van der Waals surface area contributed by atoms with Gasteiger partial charge < -0.3 is 33.8 Å². The Morgan fingerprint density at radius 3 is 0.732 bits per heavy atom. The molecule has 0 bridgehead atoms. The minimum absolute atomic E-state index is 0.104. The molecule has 0 saturated carbocycles. The first kappa shape index (κ1) is 95.1. The van der Waals surface area contributed by atoms with Gasteiger partial charge in [0.1, 0.15) is 19.3 Å². The second-order valence-electron chi connectivity index (χ2n) is 29.8. The Bertz CT molecular complexity index is 1900. The van der Waals surface area contributed by atoms with Crippen molar-refractivity contribution in [3.63, 3.8) is 0 Å². The van der Waals surface area contributed by atoms with E-state index >= 15 is 0 Å². The summed E-state index contributed by atoms with van der Waals surface area (Å²) in [5.41, 5.74) is 0. The van der Waals surface area contributed by atoms with Gasteiger partial charge in [0.15, 0.2) is 12.2 Å². The Hall–Kier alpha value is -1.94. The van der Waals surface area contributed by atoms with Crippen LogP contribution < -0.4 is 0 Å². The maximum atomic E-state index is 13.1. The molecule has 0 rings (SSSR count). The van der Waals surface area contributed by atoms with Gasteiger partial charge in [-0.25, -0.2) is 9.13 Å². The summed E-state index contributed by atoms with van der Waals surface area (Å²) >= 11 is 0. The average Bonchev–Trinajstić information content (AvgIpc) is 2.10. The molecule has 0 heterocycles. The van der Waals surface area contributed by atoms with Gasteiger partial charge in [-0.2, -0.15) is 0 Å². The predicted octanol–water partition coefficient (Wildman–Crippen LogP) is 22.8. The third-order valence-corrected chi connectivity index (χ3v) is 20.3. The maximum Gasteiger partial charge on any atom is 0.472 e. The molecule has 0 fully saturated rings. The Kier molecular flexibility index (Phi) is 65.9. The number of phosphoric ester groups is 2. The standard InChI is InChI=1S/C78H152O17P2/c1-9-71(8)57-49-41-36-37-43-51-59-76(81)89-65-74(94-77(82)60-52-44-34-27-23-19-13-11-10-12-16-20-24-30-38-46-54-68(2)3)67-93-97(86,87)91-63-72(79)62-90-96(84,85)92-66-73(95-78(83)61-53-45-35-29-28-32-40-48-56-70(6)7)64-88-75(80)58-50-42-33-26-22-18-15-14-17-21-25-31-39-47-55-69(4)5/h68-74,79H,9-67H2,1-8H3,(H,84,85)(H,86,87)/t71?,72-,73-,74-/m1/s1. The van der Waals surface area contributed by atoms with Gasteiger partial charge in [0.25, 0.3) is 0 Å². The van der Waals surface area contributed by atoms with Gasteiger partial charge in [-0.3, -0.25) is 37.3 Å². The van der Waals surface area contributed by atoms with Gasteiger partial charge in [-0.15, -0.1) is 0 Å². The molecule has 97 heavy (non-hydrogen) atoms. The second kappa shape index (κ2) is 67.2. The van der Waals surface area contributed by atoms with Crippen LogP contribution in [0.15, 0.2) is 0 Å². The predicted molar refractivity (Wildman–Crippen MR) is 395 cm³/mol. The van der Waals surface area contributed by atoms with E-state index in [1.165, 1.54) is 193 Å². The highest BCUT2D eigenvalue weighted by molar-refractivity contribution is 7.47. The number of phosphoric acid groups is 2. The Balaban J connectivity index is 5.19. The van der Waals surface area contributed by atoms with Crippen LogP contribution in [0.2, 0.25) is 0 Å². The molecule has 0 aliphatic carbocycles. The van der Waals surface area contributed by atoms with Crippen molar-refractivity contribution in [2.75, 3.05) is 39.6 Å². The van der Waals surface area contributed by atoms with Gasteiger partial charge in [0, 0.05) is 25.7 Å². The summed E-state index contributed by atoms with van der Waals surface area (Å²) in [4.78, 5) is 72.9. The minimum Gasteiger partial charge on any atom is -0.462 e. The molecule has 0 saturated heterocycles. The molecule has 19 heteroatoms. The summed E-state index contributed by atoms with van der Waals surface area (Å²) in [6.07, 6.45) is 52.9. The maximum absolute atomic E-state index is 13.1. The van der Waals surface area contributed by atoms with Crippen molar-refractivity contribution in [3.05, 3.63) is 0 Å². The molecule has 0 aromatic heterocycles. The van der Waals surface area contributed by atoms with Crippen molar-refractivity contribution in [1.29, 1.82) is 0 Å². The van der Waals surface area contributed by atoms with E-state index in [2.05, 4.69) is 55.4 Å². The highest BCUT2D eigenvalue weighted by Crippen LogP contribution is 2.45. The first-order chi connectivity index (χ1) is 46.6. The van der Waals surface area contributed by atoms with Crippen LogP contribution in [0.1, 0.15) is 396 Å². The van der Waals surface area contributed by atoms with Crippen LogP contribution in [0.25, 0.3) is 0 Å². The van der Waals surface area contributed by atoms with Gasteiger partial charge >= 0.3 is 39.5 Å². The number of aliphatic hydroxyl groups is 1. The normalized spacial score (nSPS) is 14.4. The van der Waals surface area contributed by atoms with Gasteiger partial charge in [-0.05, 0) is 49.4 Å². The summed E-state index contributed by atoms with van der Waals surface area (Å²) in [5.74, 6) is 0.937. The average molecular weight is 1420 g/mol. The molecule has 6 atom stereocenters. The van der Waals surface area contributed by atoms with Crippen molar-refractivity contribution in [2.45, 2.75) is 414 Å². The lowest BCUT2D eigenvalue weighted by Crippen LogP contribution is -2.30. The van der Waals surface area contributed by atoms with E-state index in [0.29, 0.717) is 25.7 Å². The molecule has 0 amide bonds. The highest BCUT2D eigenvalue weighted by Gasteiger charge is 2.30. The molecule has 0 aromatic rings. The van der Waals surface area contributed by atoms with Gasteiger partial charge in [0.2, 0.25) is 0 Å². The lowest BCUT2D eigenvalue weighted by Gasteiger charge is -2.21. The number of ether oxygens (including phenoxy) is 4. The van der Waals surface area contributed by atoms with Gasteiger partial charge in [-0.1, -0.05) is 344 Å². The zero-order chi connectivity index (χ0) is 71.7. The molecule has 0 spiro atoms. The van der Waals surface area contributed by atoms with Crippen LogP contribution in [0.4, 0.5) is 0 Å². The zero-order valence-corrected chi connectivity index (χ0v) is 65.5. The molecular formula is C78H152O17P2. The molecule has 0 radical (unpaired) electrons. The fourth-order valence-corrected chi connectivity index (χ4v) is 13.5. The summed E-state index contributed by atoms with van der Waals surface area (Å²) in [6, 6.07) is 0. The number of hydrogen-bond acceptors (Lipinski definition) is 15. The molecular weight excluding hydrogens is 1270 g/mol. The number of rotatable bonds is 75. The topological polar surface area (TPSA) is 237 Å². The molecule has 0 aromatic carbocycles. The van der Waals surface area contributed by atoms with Crippen LogP contribution in [0, 0.1) is 23.7 Å². The monoisotopic (exact) mass is 1420 g/mol. The van der Waals surface area contributed by atoms with E-state index in [4.69, 9.17) is 37.0 Å². The summed E-state index contributed by atoms with van der Waals surface area (Å²) < 4.78 is 68.6. The molecule has 17 nitrogen and oxygen atoms in total. The molecule has 3 N–H and O–H groups in total. The van der Waals surface area contributed by atoms with E-state index in [0.717, 1.165) is 120 Å². The SMILES string of the molecule is CCC(C)CCCCCCCCC(=O)OC[C@H](COP(=O)(O)OC[C@H](O)COP(=O)(O)OC[C@@H](COC(=O)CCCCCCCCCCCCCCCCC(C)C)OC(=O)CCCCCCCCCCC(C)C)OC(=O)CCCCCCCCCCCCCCCCCCC(C)C. The number of carbonyl (C=O) groups is 4. The number of hydrogen-bond donors (Lipinski definition) is 3. The first-order valence-corrected chi connectivity index (χ1v) is 43.2. The number of aliphatic hydroxyl groups excluding tert-OH is 1. The Morgan fingerprint density at radius 1 is 0.289 bits per heavy atom. The van der Waals surface area contributed by atoms with E-state index in [-0.39, 0.29) is 25.7 Å². The van der Waals surface area contributed by atoms with E-state index in [9.17, 15) is 43.2 Å². The summed E-state index contributed by atoms with van der Waals surface area (Å²) in [7, 11) is -9.92. The van der Waals surface area contributed by atoms with Crippen LogP contribution in [-0.2, 0) is 65.4 Å². The Labute approximate surface area is 594 Å². The number of esters is 4. The van der Waals surface area contributed by atoms with Crippen molar-refractivity contribution in [2.24, 2.45) is 23.7 Å². The number of carbonyl (C=O) groups excluding carboxylic acids is 4. The highest BCUT2D eigenvalue weighted by atomic mass is 31.2. The molecule has 576 valence electrons. The summed E-state index contributed by atoms with van der Waals surface area (Å²) in [5, 5.41) is 10.6. The fraction of sp³-hybridized carbons (Fsp3) is 0.949. The van der Waals surface area contributed by atoms with E-state index < -0.39 is 97.5 Å². The zero-order valence-electron chi connectivity index (χ0n) is 63.7. The van der Waals surface area contributed by atoms with Crippen molar-refractivity contribution in [1.82, 2.24) is 0 Å².